The van der Waals surface area contributed by atoms with Crippen LogP contribution >= 0.6 is 23.2 Å². The summed E-state index contributed by atoms with van der Waals surface area (Å²) in [6, 6.07) is 10.5. The van der Waals surface area contributed by atoms with Crippen molar-refractivity contribution in [2.24, 2.45) is 5.10 Å². The normalized spacial score (nSPS) is 11.8. The molecule has 2 aromatic rings. The third kappa shape index (κ3) is 6.64. The van der Waals surface area contributed by atoms with Crippen LogP contribution in [0.25, 0.3) is 0 Å². The van der Waals surface area contributed by atoms with Crippen LogP contribution in [-0.2, 0) is 16.2 Å². The standard InChI is InChI=1S/C21H23Cl2N3O4/c1-4-13(2)25-20(27)21(28)26-24-11-14-9-17(23)19(18(10-14)29-3)30-12-15-7-5-6-8-16(15)22/h5-11,13H,4,12H2,1-3H3,(H,25,27)(H,26,28)/b24-11-/t13-/m0/s1. The number of carbonyl (C=O) groups excluding carboxylic acids is 2. The molecule has 0 unspecified atom stereocenters. The maximum atomic E-state index is 11.8. The number of nitrogens with one attached hydrogen (secondary N) is 2. The van der Waals surface area contributed by atoms with Gasteiger partial charge in [0, 0.05) is 16.6 Å². The molecule has 0 aliphatic carbocycles. The number of amides is 2. The Balaban J connectivity index is 2.05. The first-order valence-electron chi connectivity index (χ1n) is 9.23. The average molecular weight is 452 g/mol. The molecular formula is C21H23Cl2N3O4. The van der Waals surface area contributed by atoms with Gasteiger partial charge in [0.05, 0.1) is 18.3 Å². The molecule has 2 amide bonds. The lowest BCUT2D eigenvalue weighted by molar-refractivity contribution is -0.139. The molecule has 30 heavy (non-hydrogen) atoms. The number of methoxy groups -OCH3 is 1. The Bertz CT molecular complexity index is 934. The SMILES string of the molecule is CC[C@H](C)NC(=O)C(=O)N/N=C\c1cc(Cl)c(OCc2ccccc2Cl)c(OC)c1. The molecule has 0 aliphatic rings. The van der Waals surface area contributed by atoms with Gasteiger partial charge in [-0.05, 0) is 37.1 Å². The lowest BCUT2D eigenvalue weighted by Crippen LogP contribution is -2.41. The van der Waals surface area contributed by atoms with E-state index in [1.807, 2.05) is 25.1 Å². The summed E-state index contributed by atoms with van der Waals surface area (Å²) in [5, 5.41) is 7.22. The summed E-state index contributed by atoms with van der Waals surface area (Å²) < 4.78 is 11.1. The van der Waals surface area contributed by atoms with Crippen LogP contribution in [0.2, 0.25) is 10.0 Å². The number of halogens is 2. The molecule has 0 saturated carbocycles. The highest BCUT2D eigenvalue weighted by atomic mass is 35.5. The minimum absolute atomic E-state index is 0.103. The van der Waals surface area contributed by atoms with Gasteiger partial charge in [-0.25, -0.2) is 5.43 Å². The maximum Gasteiger partial charge on any atom is 0.329 e. The highest BCUT2D eigenvalue weighted by molar-refractivity contribution is 6.35. The molecule has 0 spiro atoms. The van der Waals surface area contributed by atoms with Crippen molar-refractivity contribution >= 4 is 41.2 Å². The lowest BCUT2D eigenvalue weighted by atomic mass is 10.2. The Labute approximate surface area is 185 Å². The van der Waals surface area contributed by atoms with Gasteiger partial charge in [0.25, 0.3) is 0 Å². The fraction of sp³-hybridized carbons (Fsp3) is 0.286. The van der Waals surface area contributed by atoms with Crippen molar-refractivity contribution in [1.82, 2.24) is 10.7 Å². The molecule has 2 rings (SSSR count). The van der Waals surface area contributed by atoms with Gasteiger partial charge in [-0.15, -0.1) is 0 Å². The van der Waals surface area contributed by atoms with Gasteiger partial charge in [-0.3, -0.25) is 9.59 Å². The monoisotopic (exact) mass is 451 g/mol. The van der Waals surface area contributed by atoms with E-state index in [4.69, 9.17) is 32.7 Å². The zero-order valence-corrected chi connectivity index (χ0v) is 18.4. The topological polar surface area (TPSA) is 89.0 Å². The smallest absolute Gasteiger partial charge is 0.329 e. The van der Waals surface area contributed by atoms with E-state index >= 15 is 0 Å². The van der Waals surface area contributed by atoms with E-state index in [9.17, 15) is 9.59 Å². The van der Waals surface area contributed by atoms with E-state index in [2.05, 4.69) is 15.8 Å². The molecule has 0 radical (unpaired) electrons. The van der Waals surface area contributed by atoms with Crippen LogP contribution in [0.1, 0.15) is 31.4 Å². The average Bonchev–Trinajstić information content (AvgIpc) is 2.73. The Morgan fingerprint density at radius 2 is 1.90 bits per heavy atom. The van der Waals surface area contributed by atoms with Crippen LogP contribution in [0, 0.1) is 0 Å². The Kier molecular flexibility index (Phi) is 8.95. The first kappa shape index (κ1) is 23.5. The van der Waals surface area contributed by atoms with Crippen molar-refractivity contribution in [3.05, 3.63) is 57.6 Å². The highest BCUT2D eigenvalue weighted by Gasteiger charge is 2.15. The molecule has 7 nitrogen and oxygen atoms in total. The summed E-state index contributed by atoms with van der Waals surface area (Å²) >= 11 is 12.5. The van der Waals surface area contributed by atoms with Gasteiger partial charge in [-0.1, -0.05) is 48.3 Å². The van der Waals surface area contributed by atoms with Crippen LogP contribution in [0.5, 0.6) is 11.5 Å². The molecule has 0 aromatic heterocycles. The molecule has 2 aromatic carbocycles. The van der Waals surface area contributed by atoms with Crippen LogP contribution in [-0.4, -0.2) is 31.2 Å². The van der Waals surface area contributed by atoms with Crippen LogP contribution < -0.4 is 20.2 Å². The molecule has 0 aliphatic heterocycles. The predicted molar refractivity (Wildman–Crippen MR) is 117 cm³/mol. The highest BCUT2D eigenvalue weighted by Crippen LogP contribution is 2.37. The molecular weight excluding hydrogens is 429 g/mol. The molecule has 160 valence electrons. The van der Waals surface area contributed by atoms with Crippen LogP contribution in [0.4, 0.5) is 0 Å². The van der Waals surface area contributed by atoms with Crippen LogP contribution in [0.3, 0.4) is 0 Å². The Hall–Kier alpha value is -2.77. The van der Waals surface area contributed by atoms with Gasteiger partial charge in [0.1, 0.15) is 6.61 Å². The van der Waals surface area contributed by atoms with Crippen LogP contribution in [0.15, 0.2) is 41.5 Å². The number of hydrogen-bond donors (Lipinski definition) is 2. The summed E-state index contributed by atoms with van der Waals surface area (Å²) in [5.74, 6) is -0.866. The first-order valence-corrected chi connectivity index (χ1v) is 9.98. The molecule has 9 heteroatoms. The molecule has 2 N–H and O–H groups in total. The second-order valence-electron chi connectivity index (χ2n) is 6.40. The molecule has 0 bridgehead atoms. The van der Waals surface area contributed by atoms with Crippen molar-refractivity contribution in [3.63, 3.8) is 0 Å². The third-order valence-corrected chi connectivity index (χ3v) is 4.81. The van der Waals surface area contributed by atoms with Gasteiger partial charge in [-0.2, -0.15) is 5.10 Å². The quantitative estimate of drug-likeness (QED) is 0.361. The Morgan fingerprint density at radius 1 is 1.17 bits per heavy atom. The molecule has 0 heterocycles. The summed E-state index contributed by atoms with van der Waals surface area (Å²) in [6.07, 6.45) is 2.06. The number of nitrogens with zero attached hydrogens (tertiary/aromatic N) is 1. The van der Waals surface area contributed by atoms with E-state index in [1.165, 1.54) is 13.3 Å². The fourth-order valence-corrected chi connectivity index (χ4v) is 2.79. The predicted octanol–water partition coefficient (Wildman–Crippen LogP) is 3.95. The second-order valence-corrected chi connectivity index (χ2v) is 7.21. The van der Waals surface area contributed by atoms with Gasteiger partial charge >= 0.3 is 11.8 Å². The summed E-state index contributed by atoms with van der Waals surface area (Å²) in [4.78, 5) is 23.5. The number of ether oxygens (including phenoxy) is 2. The van der Waals surface area contributed by atoms with E-state index in [0.717, 1.165) is 5.56 Å². The molecule has 1 atom stereocenters. The number of carbonyl (C=O) groups is 2. The summed E-state index contributed by atoms with van der Waals surface area (Å²) in [5.41, 5.74) is 3.53. The van der Waals surface area contributed by atoms with Gasteiger partial charge in [0.2, 0.25) is 0 Å². The van der Waals surface area contributed by atoms with Crippen molar-refractivity contribution in [3.8, 4) is 11.5 Å². The van der Waals surface area contributed by atoms with Crippen molar-refractivity contribution < 1.29 is 19.1 Å². The largest absolute Gasteiger partial charge is 0.493 e. The third-order valence-electron chi connectivity index (χ3n) is 4.16. The number of benzene rings is 2. The second kappa shape index (κ2) is 11.4. The number of hydrogen-bond acceptors (Lipinski definition) is 5. The molecule has 0 fully saturated rings. The van der Waals surface area contributed by atoms with E-state index < -0.39 is 11.8 Å². The van der Waals surface area contributed by atoms with Crippen molar-refractivity contribution in [2.75, 3.05) is 7.11 Å². The zero-order valence-electron chi connectivity index (χ0n) is 16.9. The lowest BCUT2D eigenvalue weighted by Gasteiger charge is -2.14. The van der Waals surface area contributed by atoms with Gasteiger partial charge in [0.15, 0.2) is 11.5 Å². The van der Waals surface area contributed by atoms with Gasteiger partial charge < -0.3 is 14.8 Å². The van der Waals surface area contributed by atoms with E-state index in [-0.39, 0.29) is 12.6 Å². The molecule has 0 saturated heterocycles. The summed E-state index contributed by atoms with van der Waals surface area (Å²) in [6.45, 7) is 3.92. The van der Waals surface area contributed by atoms with Crippen molar-refractivity contribution in [1.29, 1.82) is 0 Å². The number of rotatable bonds is 8. The Morgan fingerprint density at radius 3 is 2.57 bits per heavy atom. The maximum absolute atomic E-state index is 11.8. The van der Waals surface area contributed by atoms with E-state index in [1.54, 1.807) is 25.1 Å². The van der Waals surface area contributed by atoms with E-state index in [0.29, 0.717) is 33.5 Å². The minimum Gasteiger partial charge on any atom is -0.493 e. The number of hydrazone groups is 1. The minimum atomic E-state index is -0.857. The summed E-state index contributed by atoms with van der Waals surface area (Å²) in [7, 11) is 1.48. The fourth-order valence-electron chi connectivity index (χ4n) is 2.33. The van der Waals surface area contributed by atoms with Crippen molar-refractivity contribution in [2.45, 2.75) is 32.9 Å². The first-order chi connectivity index (χ1) is 14.3. The zero-order chi connectivity index (χ0) is 22.1.